The van der Waals surface area contributed by atoms with E-state index in [4.69, 9.17) is 5.11 Å². The lowest BCUT2D eigenvalue weighted by atomic mass is 9.48. The summed E-state index contributed by atoms with van der Waals surface area (Å²) < 4.78 is 0. The summed E-state index contributed by atoms with van der Waals surface area (Å²) in [4.78, 5) is 35.3. The number of carbonyl (C=O) groups is 3. The minimum absolute atomic E-state index is 0.0329. The lowest BCUT2D eigenvalue weighted by molar-refractivity contribution is -0.155. The minimum Gasteiger partial charge on any atom is -0.481 e. The molecule has 5 nitrogen and oxygen atoms in total. The van der Waals surface area contributed by atoms with E-state index in [0.29, 0.717) is 24.7 Å². The second-order valence-corrected chi connectivity index (χ2v) is 8.66. The van der Waals surface area contributed by atoms with Crippen molar-refractivity contribution in [2.24, 2.45) is 34.5 Å². The van der Waals surface area contributed by atoms with E-state index in [1.165, 1.54) is 0 Å². The third-order valence-electron chi connectivity index (χ3n) is 7.75. The first-order chi connectivity index (χ1) is 11.2. The van der Waals surface area contributed by atoms with Gasteiger partial charge in [0.1, 0.15) is 5.78 Å². The van der Waals surface area contributed by atoms with E-state index in [9.17, 15) is 19.5 Å². The van der Waals surface area contributed by atoms with Gasteiger partial charge < -0.3 is 10.2 Å². The smallest absolute Gasteiger partial charge is 0.307 e. The van der Waals surface area contributed by atoms with Crippen molar-refractivity contribution in [3.05, 3.63) is 0 Å². The van der Waals surface area contributed by atoms with Crippen LogP contribution in [0.1, 0.15) is 65.2 Å². The summed E-state index contributed by atoms with van der Waals surface area (Å²) in [5.74, 6) is -0.659. The van der Waals surface area contributed by atoms with Crippen LogP contribution in [0, 0.1) is 34.5 Å². The fraction of sp³-hybridized carbons (Fsp3) is 0.842. The number of hydrogen-bond acceptors (Lipinski definition) is 3. The van der Waals surface area contributed by atoms with E-state index in [-0.39, 0.29) is 29.5 Å². The topological polar surface area (TPSA) is 91.7 Å². The average molecular weight is 336 g/mol. The largest absolute Gasteiger partial charge is 0.481 e. The molecule has 0 amide bonds. The van der Waals surface area contributed by atoms with E-state index >= 15 is 0 Å². The van der Waals surface area contributed by atoms with Gasteiger partial charge in [0, 0.05) is 18.3 Å². The first-order valence-electron chi connectivity index (χ1n) is 9.18. The molecule has 24 heavy (non-hydrogen) atoms. The van der Waals surface area contributed by atoms with Crippen LogP contribution in [-0.4, -0.2) is 27.9 Å². The molecule has 0 bridgehead atoms. The minimum atomic E-state index is -0.849. The van der Waals surface area contributed by atoms with E-state index in [1.54, 1.807) is 0 Å². The van der Waals surface area contributed by atoms with E-state index in [2.05, 4.69) is 6.92 Å². The molecule has 3 fully saturated rings. The van der Waals surface area contributed by atoms with Crippen molar-refractivity contribution >= 4 is 17.7 Å². The lowest BCUT2D eigenvalue weighted by Crippen LogP contribution is -2.52. The highest BCUT2D eigenvalue weighted by atomic mass is 16.4. The average Bonchev–Trinajstić information content (AvgIpc) is 2.86. The number of fused-ring (bicyclic) bond motifs is 3. The third-order valence-corrected chi connectivity index (χ3v) is 7.75. The van der Waals surface area contributed by atoms with Crippen LogP contribution in [0.25, 0.3) is 0 Å². The standard InChI is InChI=1S/C19H28O5/c1-18-9-7-13-11(12(18)4-5-14(18)17(23)24)3-6-15(20)19(13,2)10-8-16(21)22/h11-14H,3-10H2,1-2H3,(H,21,22)(H,23,24)/t11?,12?,13?,14?,18-,19+/m0/s1. The van der Waals surface area contributed by atoms with Gasteiger partial charge in [-0.3, -0.25) is 14.4 Å². The van der Waals surface area contributed by atoms with Crippen molar-refractivity contribution in [3.63, 3.8) is 0 Å². The summed E-state index contributed by atoms with van der Waals surface area (Å²) in [6, 6.07) is 0. The Kier molecular flexibility index (Phi) is 4.25. The van der Waals surface area contributed by atoms with E-state index in [1.807, 2.05) is 6.92 Å². The van der Waals surface area contributed by atoms with Gasteiger partial charge in [-0.05, 0) is 61.7 Å². The van der Waals surface area contributed by atoms with E-state index < -0.39 is 17.4 Å². The van der Waals surface area contributed by atoms with Crippen molar-refractivity contribution in [1.82, 2.24) is 0 Å². The summed E-state index contributed by atoms with van der Waals surface area (Å²) in [6.07, 6.45) is 5.16. The van der Waals surface area contributed by atoms with Gasteiger partial charge >= 0.3 is 11.9 Å². The van der Waals surface area contributed by atoms with E-state index in [0.717, 1.165) is 32.1 Å². The summed E-state index contributed by atoms with van der Waals surface area (Å²) in [7, 11) is 0. The first-order valence-corrected chi connectivity index (χ1v) is 9.18. The highest BCUT2D eigenvalue weighted by molar-refractivity contribution is 5.86. The zero-order valence-corrected chi connectivity index (χ0v) is 14.6. The van der Waals surface area contributed by atoms with Gasteiger partial charge in [0.15, 0.2) is 0 Å². The molecule has 5 heteroatoms. The fourth-order valence-electron chi connectivity index (χ4n) is 6.37. The van der Waals surface area contributed by atoms with Gasteiger partial charge in [-0.2, -0.15) is 0 Å². The highest BCUT2D eigenvalue weighted by Gasteiger charge is 2.60. The Morgan fingerprint density at radius 3 is 2.42 bits per heavy atom. The first kappa shape index (κ1) is 17.4. The maximum absolute atomic E-state index is 12.6. The van der Waals surface area contributed by atoms with Gasteiger partial charge in [-0.25, -0.2) is 0 Å². The Balaban J connectivity index is 1.87. The zero-order chi connectivity index (χ0) is 17.7. The van der Waals surface area contributed by atoms with Crippen molar-refractivity contribution in [3.8, 4) is 0 Å². The maximum Gasteiger partial charge on any atom is 0.307 e. The number of carbonyl (C=O) groups excluding carboxylic acids is 1. The highest BCUT2D eigenvalue weighted by Crippen LogP contribution is 2.64. The Morgan fingerprint density at radius 2 is 1.79 bits per heavy atom. The number of carboxylic acid groups (broad SMARTS) is 2. The van der Waals surface area contributed by atoms with Gasteiger partial charge in [0.05, 0.1) is 5.92 Å². The zero-order valence-electron chi connectivity index (χ0n) is 14.6. The lowest BCUT2D eigenvalue weighted by Gasteiger charge is -2.55. The monoisotopic (exact) mass is 336 g/mol. The fourth-order valence-corrected chi connectivity index (χ4v) is 6.37. The van der Waals surface area contributed by atoms with Crippen molar-refractivity contribution in [2.45, 2.75) is 65.2 Å². The maximum atomic E-state index is 12.6. The number of rotatable bonds is 4. The predicted octanol–water partition coefficient (Wildman–Crippen LogP) is 3.36. The molecule has 0 heterocycles. The van der Waals surface area contributed by atoms with Crippen molar-refractivity contribution < 1.29 is 24.6 Å². The quantitative estimate of drug-likeness (QED) is 0.821. The van der Waals surface area contributed by atoms with Crippen LogP contribution in [0.4, 0.5) is 0 Å². The molecule has 0 aromatic heterocycles. The normalized spacial score (nSPS) is 44.7. The second kappa shape index (κ2) is 5.85. The van der Waals surface area contributed by atoms with Crippen LogP contribution in [0.3, 0.4) is 0 Å². The van der Waals surface area contributed by atoms with Crippen LogP contribution >= 0.6 is 0 Å². The molecule has 3 rings (SSSR count). The van der Waals surface area contributed by atoms with Gasteiger partial charge in [0.25, 0.3) is 0 Å². The summed E-state index contributed by atoms with van der Waals surface area (Å²) in [5.41, 5.74) is -0.717. The van der Waals surface area contributed by atoms with Crippen LogP contribution in [0.15, 0.2) is 0 Å². The van der Waals surface area contributed by atoms with Crippen LogP contribution in [0.5, 0.6) is 0 Å². The summed E-state index contributed by atoms with van der Waals surface area (Å²) >= 11 is 0. The van der Waals surface area contributed by atoms with Crippen LogP contribution < -0.4 is 0 Å². The molecule has 0 radical (unpaired) electrons. The molecule has 3 aliphatic rings. The molecule has 134 valence electrons. The summed E-state index contributed by atoms with van der Waals surface area (Å²) in [5, 5.41) is 18.6. The Bertz CT molecular complexity index is 570. The number of Topliss-reactive ketones (excluding diaryl/α,β-unsaturated/α-hetero) is 1. The van der Waals surface area contributed by atoms with Crippen molar-refractivity contribution in [2.75, 3.05) is 0 Å². The molecular weight excluding hydrogens is 308 g/mol. The molecule has 6 atom stereocenters. The SMILES string of the molecule is C[C@]12CCC3C(CCC(=O)[C@]3(C)CCC(=O)O)C1CCC2C(=O)O. The van der Waals surface area contributed by atoms with Gasteiger partial charge in [-0.1, -0.05) is 13.8 Å². The second-order valence-electron chi connectivity index (χ2n) is 8.66. The molecule has 0 saturated heterocycles. The predicted molar refractivity (Wildman–Crippen MR) is 87.4 cm³/mol. The van der Waals surface area contributed by atoms with Crippen molar-refractivity contribution in [1.29, 1.82) is 0 Å². The Morgan fingerprint density at radius 1 is 1.08 bits per heavy atom. The van der Waals surface area contributed by atoms with Gasteiger partial charge in [0.2, 0.25) is 0 Å². The molecule has 3 aliphatic carbocycles. The number of carboxylic acids is 2. The molecule has 0 aromatic rings. The number of ketones is 1. The summed E-state index contributed by atoms with van der Waals surface area (Å²) in [6.45, 7) is 4.09. The number of hydrogen-bond donors (Lipinski definition) is 2. The molecular formula is C19H28O5. The Labute approximate surface area is 142 Å². The Hall–Kier alpha value is -1.39. The molecule has 0 aliphatic heterocycles. The molecule has 3 saturated carbocycles. The number of aliphatic carboxylic acids is 2. The molecule has 0 spiro atoms. The molecule has 4 unspecified atom stereocenters. The molecule has 2 N–H and O–H groups in total. The van der Waals surface area contributed by atoms with Crippen LogP contribution in [0.2, 0.25) is 0 Å². The van der Waals surface area contributed by atoms with Gasteiger partial charge in [-0.15, -0.1) is 0 Å². The third kappa shape index (κ3) is 2.47. The van der Waals surface area contributed by atoms with Crippen LogP contribution in [-0.2, 0) is 14.4 Å². The molecule has 0 aromatic carbocycles.